The molecular formula is C17H26N4O2. The molecule has 1 atom stereocenters. The fourth-order valence-electron chi connectivity index (χ4n) is 3.18. The number of carbonyl (C=O) groups excluding carboxylic acids is 1. The third kappa shape index (κ3) is 3.57. The number of rotatable bonds is 1. The Kier molecular flexibility index (Phi) is 4.17. The van der Waals surface area contributed by atoms with Crippen LogP contribution < -0.4 is 4.90 Å². The summed E-state index contributed by atoms with van der Waals surface area (Å²) >= 11 is 0. The van der Waals surface area contributed by atoms with Crippen LogP contribution in [0.3, 0.4) is 0 Å². The summed E-state index contributed by atoms with van der Waals surface area (Å²) in [6, 6.07) is 0. The predicted octanol–water partition coefficient (Wildman–Crippen LogP) is 2.93. The van der Waals surface area contributed by atoms with Crippen LogP contribution in [0.2, 0.25) is 0 Å². The molecule has 6 nitrogen and oxygen atoms in total. The van der Waals surface area contributed by atoms with Gasteiger partial charge in [-0.2, -0.15) is 0 Å². The molecule has 0 radical (unpaired) electrons. The Morgan fingerprint density at radius 3 is 2.65 bits per heavy atom. The number of ether oxygens (including phenoxy) is 1. The number of anilines is 1. The van der Waals surface area contributed by atoms with Gasteiger partial charge in [0, 0.05) is 37.3 Å². The van der Waals surface area contributed by atoms with Gasteiger partial charge in [-0.05, 0) is 33.6 Å². The van der Waals surface area contributed by atoms with Gasteiger partial charge in [-0.15, -0.1) is 0 Å². The Bertz CT molecular complexity index is 591. The van der Waals surface area contributed by atoms with E-state index in [9.17, 15) is 4.79 Å². The first kappa shape index (κ1) is 16.0. The van der Waals surface area contributed by atoms with Crippen molar-refractivity contribution in [3.63, 3.8) is 0 Å². The second-order valence-corrected chi connectivity index (χ2v) is 7.54. The third-order valence-corrected chi connectivity index (χ3v) is 4.25. The number of fused-ring (bicyclic) bond motifs is 1. The van der Waals surface area contributed by atoms with Crippen LogP contribution in [0, 0.1) is 0 Å². The Morgan fingerprint density at radius 1 is 1.30 bits per heavy atom. The maximum Gasteiger partial charge on any atom is 0.410 e. The highest BCUT2D eigenvalue weighted by Gasteiger charge is 2.31. The van der Waals surface area contributed by atoms with E-state index < -0.39 is 5.60 Å². The summed E-state index contributed by atoms with van der Waals surface area (Å²) in [7, 11) is 0. The summed E-state index contributed by atoms with van der Waals surface area (Å²) in [5.74, 6) is 1.02. The molecule has 0 bridgehead atoms. The molecule has 0 saturated carbocycles. The van der Waals surface area contributed by atoms with E-state index >= 15 is 0 Å². The van der Waals surface area contributed by atoms with Crippen molar-refractivity contribution in [2.24, 2.45) is 0 Å². The molecule has 3 heterocycles. The molecule has 0 aliphatic carbocycles. The van der Waals surface area contributed by atoms with Gasteiger partial charge in [-0.25, -0.2) is 14.8 Å². The standard InChI is InChI=1S/C17H26N4O2/c1-12-10-21(16(22)23-17(2,3)4)11-13-9-18-15(19-14(12)13)20-7-5-6-8-20/h9,12H,5-8,10-11H2,1-4H3. The second kappa shape index (κ2) is 5.98. The van der Waals surface area contributed by atoms with Gasteiger partial charge in [0.25, 0.3) is 0 Å². The summed E-state index contributed by atoms with van der Waals surface area (Å²) in [5.41, 5.74) is 1.62. The number of amides is 1. The molecule has 126 valence electrons. The van der Waals surface area contributed by atoms with Crippen LogP contribution in [0.15, 0.2) is 6.20 Å². The Labute approximate surface area is 137 Å². The summed E-state index contributed by atoms with van der Waals surface area (Å²) in [5, 5.41) is 0. The summed E-state index contributed by atoms with van der Waals surface area (Å²) in [4.78, 5) is 25.6. The van der Waals surface area contributed by atoms with E-state index in [1.165, 1.54) is 12.8 Å². The first-order chi connectivity index (χ1) is 10.8. The average Bonchev–Trinajstić information content (AvgIpc) is 2.99. The molecule has 0 aromatic carbocycles. The zero-order chi connectivity index (χ0) is 16.6. The highest BCUT2D eigenvalue weighted by Crippen LogP contribution is 2.29. The Hall–Kier alpha value is -1.85. The van der Waals surface area contributed by atoms with E-state index in [1.54, 1.807) is 4.90 Å². The largest absolute Gasteiger partial charge is 0.444 e. The number of aromatic nitrogens is 2. The van der Waals surface area contributed by atoms with Crippen molar-refractivity contribution in [1.82, 2.24) is 14.9 Å². The van der Waals surface area contributed by atoms with E-state index in [0.717, 1.165) is 30.3 Å². The quantitative estimate of drug-likeness (QED) is 0.797. The van der Waals surface area contributed by atoms with Crippen LogP contribution in [-0.2, 0) is 11.3 Å². The van der Waals surface area contributed by atoms with Crippen molar-refractivity contribution in [1.29, 1.82) is 0 Å². The molecule has 1 saturated heterocycles. The lowest BCUT2D eigenvalue weighted by Gasteiger charge is -2.34. The molecule has 3 rings (SSSR count). The zero-order valence-corrected chi connectivity index (χ0v) is 14.5. The highest BCUT2D eigenvalue weighted by atomic mass is 16.6. The van der Waals surface area contributed by atoms with Crippen molar-refractivity contribution in [2.75, 3.05) is 24.5 Å². The minimum absolute atomic E-state index is 0.190. The molecular weight excluding hydrogens is 292 g/mol. The molecule has 2 aliphatic heterocycles. The van der Waals surface area contributed by atoms with Gasteiger partial charge >= 0.3 is 6.09 Å². The minimum atomic E-state index is -0.475. The smallest absolute Gasteiger partial charge is 0.410 e. The molecule has 23 heavy (non-hydrogen) atoms. The zero-order valence-electron chi connectivity index (χ0n) is 14.5. The van der Waals surface area contributed by atoms with Gasteiger partial charge in [0.2, 0.25) is 5.95 Å². The number of carbonyl (C=O) groups is 1. The Balaban J connectivity index is 1.77. The van der Waals surface area contributed by atoms with Crippen LogP contribution in [0.1, 0.15) is 57.7 Å². The van der Waals surface area contributed by atoms with Crippen molar-refractivity contribution >= 4 is 12.0 Å². The summed E-state index contributed by atoms with van der Waals surface area (Å²) in [6.07, 6.45) is 4.03. The SMILES string of the molecule is CC1CN(C(=O)OC(C)(C)C)Cc2cnc(N3CCCC3)nc21. The van der Waals surface area contributed by atoms with E-state index in [4.69, 9.17) is 9.72 Å². The normalized spacial score (nSPS) is 21.3. The molecule has 2 aliphatic rings. The molecule has 1 amide bonds. The van der Waals surface area contributed by atoms with Crippen molar-refractivity contribution in [3.8, 4) is 0 Å². The maximum absolute atomic E-state index is 12.3. The van der Waals surface area contributed by atoms with Gasteiger partial charge in [0.1, 0.15) is 5.60 Å². The molecule has 1 aromatic rings. The van der Waals surface area contributed by atoms with E-state index in [0.29, 0.717) is 13.1 Å². The fraction of sp³-hybridized carbons (Fsp3) is 0.706. The van der Waals surface area contributed by atoms with E-state index in [1.807, 2.05) is 27.0 Å². The topological polar surface area (TPSA) is 58.6 Å². The van der Waals surface area contributed by atoms with E-state index in [-0.39, 0.29) is 12.0 Å². The summed E-state index contributed by atoms with van der Waals surface area (Å²) < 4.78 is 5.48. The average molecular weight is 318 g/mol. The molecule has 6 heteroatoms. The lowest BCUT2D eigenvalue weighted by molar-refractivity contribution is 0.0207. The minimum Gasteiger partial charge on any atom is -0.444 e. The van der Waals surface area contributed by atoms with Crippen LogP contribution in [-0.4, -0.2) is 46.2 Å². The van der Waals surface area contributed by atoms with Gasteiger partial charge in [0.15, 0.2) is 0 Å². The van der Waals surface area contributed by atoms with Crippen LogP contribution in [0.5, 0.6) is 0 Å². The maximum atomic E-state index is 12.3. The first-order valence-corrected chi connectivity index (χ1v) is 8.42. The molecule has 1 fully saturated rings. The van der Waals surface area contributed by atoms with Gasteiger partial charge < -0.3 is 14.5 Å². The van der Waals surface area contributed by atoms with Gasteiger partial charge in [-0.3, -0.25) is 0 Å². The Morgan fingerprint density at radius 2 is 2.00 bits per heavy atom. The lowest BCUT2D eigenvalue weighted by atomic mass is 9.98. The predicted molar refractivity (Wildman–Crippen MR) is 88.5 cm³/mol. The molecule has 0 spiro atoms. The van der Waals surface area contributed by atoms with Crippen molar-refractivity contribution < 1.29 is 9.53 Å². The number of nitrogens with zero attached hydrogens (tertiary/aromatic N) is 4. The number of hydrogen-bond donors (Lipinski definition) is 0. The number of hydrogen-bond acceptors (Lipinski definition) is 5. The molecule has 1 unspecified atom stereocenters. The van der Waals surface area contributed by atoms with Crippen LogP contribution in [0.4, 0.5) is 10.7 Å². The van der Waals surface area contributed by atoms with Crippen LogP contribution in [0.25, 0.3) is 0 Å². The van der Waals surface area contributed by atoms with Gasteiger partial charge in [0.05, 0.1) is 12.2 Å². The third-order valence-electron chi connectivity index (χ3n) is 4.25. The van der Waals surface area contributed by atoms with Gasteiger partial charge in [-0.1, -0.05) is 6.92 Å². The lowest BCUT2D eigenvalue weighted by Crippen LogP contribution is -2.41. The fourth-order valence-corrected chi connectivity index (χ4v) is 3.18. The second-order valence-electron chi connectivity index (χ2n) is 7.54. The van der Waals surface area contributed by atoms with E-state index in [2.05, 4.69) is 16.8 Å². The summed E-state index contributed by atoms with van der Waals surface area (Å²) in [6.45, 7) is 11.0. The van der Waals surface area contributed by atoms with Crippen molar-refractivity contribution in [2.45, 2.75) is 58.6 Å². The van der Waals surface area contributed by atoms with Crippen molar-refractivity contribution in [3.05, 3.63) is 17.5 Å². The monoisotopic (exact) mass is 318 g/mol. The van der Waals surface area contributed by atoms with Crippen LogP contribution >= 0.6 is 0 Å². The molecule has 0 N–H and O–H groups in total. The first-order valence-electron chi connectivity index (χ1n) is 8.42. The molecule has 1 aromatic heterocycles. The highest BCUT2D eigenvalue weighted by molar-refractivity contribution is 5.68.